The quantitative estimate of drug-likeness (QED) is 0.530. The van der Waals surface area contributed by atoms with Crippen LogP contribution >= 0.6 is 0 Å². The summed E-state index contributed by atoms with van der Waals surface area (Å²) >= 11 is 0. The molecule has 0 saturated carbocycles. The van der Waals surface area contributed by atoms with Crippen molar-refractivity contribution in [3.8, 4) is 0 Å². The highest BCUT2D eigenvalue weighted by atomic mass is 16.5. The van der Waals surface area contributed by atoms with E-state index in [4.69, 9.17) is 9.47 Å². The first-order valence-corrected chi connectivity index (χ1v) is 5.85. The summed E-state index contributed by atoms with van der Waals surface area (Å²) in [5.41, 5.74) is 0.580. The SMILES string of the molecule is CC=C(C)C(=O)OCC(C)COC(=O)C(C)C. The lowest BCUT2D eigenvalue weighted by molar-refractivity contribution is -0.150. The molecule has 98 valence electrons. The summed E-state index contributed by atoms with van der Waals surface area (Å²) in [5, 5.41) is 0. The van der Waals surface area contributed by atoms with Crippen LogP contribution in [0.3, 0.4) is 0 Å². The maximum Gasteiger partial charge on any atom is 0.333 e. The van der Waals surface area contributed by atoms with Gasteiger partial charge >= 0.3 is 11.9 Å². The zero-order valence-electron chi connectivity index (χ0n) is 11.3. The molecule has 0 aliphatic rings. The number of hydrogen-bond acceptors (Lipinski definition) is 4. The Labute approximate surface area is 103 Å². The maximum atomic E-state index is 11.3. The normalized spacial score (nSPS) is 13.4. The highest BCUT2D eigenvalue weighted by Gasteiger charge is 2.13. The van der Waals surface area contributed by atoms with E-state index in [1.54, 1.807) is 33.8 Å². The lowest BCUT2D eigenvalue weighted by Gasteiger charge is -2.13. The molecule has 17 heavy (non-hydrogen) atoms. The van der Waals surface area contributed by atoms with E-state index in [0.717, 1.165) is 0 Å². The number of allylic oxidation sites excluding steroid dienone is 1. The summed E-state index contributed by atoms with van der Waals surface area (Å²) in [4.78, 5) is 22.5. The lowest BCUT2D eigenvalue weighted by atomic mass is 10.2. The first kappa shape index (κ1) is 15.7. The fraction of sp³-hybridized carbons (Fsp3) is 0.692. The molecule has 0 amide bonds. The molecule has 4 nitrogen and oxygen atoms in total. The second-order valence-electron chi connectivity index (χ2n) is 4.46. The highest BCUT2D eigenvalue weighted by Crippen LogP contribution is 2.04. The zero-order chi connectivity index (χ0) is 13.4. The van der Waals surface area contributed by atoms with E-state index in [1.165, 1.54) is 0 Å². The van der Waals surface area contributed by atoms with Crippen LogP contribution in [0.15, 0.2) is 11.6 Å². The van der Waals surface area contributed by atoms with Crippen molar-refractivity contribution >= 4 is 11.9 Å². The van der Waals surface area contributed by atoms with Crippen molar-refractivity contribution in [1.82, 2.24) is 0 Å². The molecule has 0 spiro atoms. The monoisotopic (exact) mass is 242 g/mol. The fourth-order valence-electron chi connectivity index (χ4n) is 0.889. The van der Waals surface area contributed by atoms with Crippen molar-refractivity contribution in [3.63, 3.8) is 0 Å². The number of carbonyl (C=O) groups is 2. The Morgan fingerprint density at radius 2 is 1.65 bits per heavy atom. The zero-order valence-corrected chi connectivity index (χ0v) is 11.3. The first-order chi connectivity index (χ1) is 7.88. The molecule has 1 atom stereocenters. The molecule has 0 heterocycles. The molecule has 0 N–H and O–H groups in total. The molecule has 0 aromatic rings. The average Bonchev–Trinajstić information content (AvgIpc) is 2.31. The van der Waals surface area contributed by atoms with Crippen molar-refractivity contribution in [1.29, 1.82) is 0 Å². The van der Waals surface area contributed by atoms with E-state index >= 15 is 0 Å². The molecule has 0 saturated heterocycles. The molecule has 1 unspecified atom stereocenters. The first-order valence-electron chi connectivity index (χ1n) is 5.85. The maximum absolute atomic E-state index is 11.3. The molecular weight excluding hydrogens is 220 g/mol. The topological polar surface area (TPSA) is 52.6 Å². The average molecular weight is 242 g/mol. The van der Waals surface area contributed by atoms with Crippen LogP contribution in [0.4, 0.5) is 0 Å². The minimum atomic E-state index is -0.325. The smallest absolute Gasteiger partial charge is 0.333 e. The van der Waals surface area contributed by atoms with Crippen LogP contribution in [0.1, 0.15) is 34.6 Å². The van der Waals surface area contributed by atoms with Gasteiger partial charge < -0.3 is 9.47 Å². The van der Waals surface area contributed by atoms with Gasteiger partial charge in [-0.3, -0.25) is 4.79 Å². The van der Waals surface area contributed by atoms with Crippen molar-refractivity contribution < 1.29 is 19.1 Å². The molecule has 0 aromatic carbocycles. The van der Waals surface area contributed by atoms with Gasteiger partial charge in [-0.2, -0.15) is 0 Å². The van der Waals surface area contributed by atoms with Gasteiger partial charge in [0.15, 0.2) is 0 Å². The number of esters is 2. The standard InChI is InChI=1S/C13H22O4/c1-6-11(5)13(15)17-8-10(4)7-16-12(14)9(2)3/h6,9-10H,7-8H2,1-5H3. The Balaban J connectivity index is 3.85. The number of carbonyl (C=O) groups excluding carboxylic acids is 2. The predicted molar refractivity (Wildman–Crippen MR) is 65.4 cm³/mol. The van der Waals surface area contributed by atoms with Crippen LogP contribution in [0.25, 0.3) is 0 Å². The second-order valence-corrected chi connectivity index (χ2v) is 4.46. The Bertz CT molecular complexity index is 292. The summed E-state index contributed by atoms with van der Waals surface area (Å²) < 4.78 is 10.1. The number of hydrogen-bond donors (Lipinski definition) is 0. The van der Waals surface area contributed by atoms with Gasteiger partial charge in [0, 0.05) is 11.5 Å². The molecule has 4 heteroatoms. The third-order valence-corrected chi connectivity index (χ3v) is 2.24. The minimum absolute atomic E-state index is 0.00584. The van der Waals surface area contributed by atoms with Crippen molar-refractivity contribution in [2.75, 3.05) is 13.2 Å². The molecule has 0 radical (unpaired) electrons. The van der Waals surface area contributed by atoms with E-state index in [9.17, 15) is 9.59 Å². The molecule has 0 aliphatic carbocycles. The highest BCUT2D eigenvalue weighted by molar-refractivity contribution is 5.87. The van der Waals surface area contributed by atoms with Crippen LogP contribution in [0, 0.1) is 11.8 Å². The Morgan fingerprint density at radius 1 is 1.12 bits per heavy atom. The van der Waals surface area contributed by atoms with E-state index < -0.39 is 0 Å². The van der Waals surface area contributed by atoms with Gasteiger partial charge in [-0.05, 0) is 13.8 Å². The Kier molecular flexibility index (Phi) is 7.26. The van der Waals surface area contributed by atoms with E-state index in [2.05, 4.69) is 0 Å². The molecule has 0 rings (SSSR count). The summed E-state index contributed by atoms with van der Waals surface area (Å²) in [6.45, 7) is 9.45. The predicted octanol–water partition coefficient (Wildman–Crippen LogP) is 2.33. The molecule has 0 bridgehead atoms. The van der Waals surface area contributed by atoms with Gasteiger partial charge in [0.25, 0.3) is 0 Å². The summed E-state index contributed by atoms with van der Waals surface area (Å²) in [6, 6.07) is 0. The van der Waals surface area contributed by atoms with Crippen molar-refractivity contribution in [2.24, 2.45) is 11.8 Å². The molecular formula is C13H22O4. The van der Waals surface area contributed by atoms with Gasteiger partial charge in [-0.15, -0.1) is 0 Å². The van der Waals surface area contributed by atoms with E-state index in [-0.39, 0.29) is 37.0 Å². The van der Waals surface area contributed by atoms with Gasteiger partial charge in [0.05, 0.1) is 19.1 Å². The van der Waals surface area contributed by atoms with Crippen LogP contribution in [0.5, 0.6) is 0 Å². The van der Waals surface area contributed by atoms with Gasteiger partial charge in [-0.25, -0.2) is 4.79 Å². The Hall–Kier alpha value is -1.32. The number of ether oxygens (including phenoxy) is 2. The number of rotatable bonds is 6. The molecule has 0 aromatic heterocycles. The summed E-state index contributed by atoms with van der Waals surface area (Å²) in [5.74, 6) is -0.677. The van der Waals surface area contributed by atoms with Crippen LogP contribution < -0.4 is 0 Å². The Morgan fingerprint density at radius 3 is 2.12 bits per heavy atom. The van der Waals surface area contributed by atoms with Crippen LogP contribution in [0.2, 0.25) is 0 Å². The third kappa shape index (κ3) is 6.76. The van der Waals surface area contributed by atoms with Crippen LogP contribution in [-0.4, -0.2) is 25.2 Å². The summed E-state index contributed by atoms with van der Waals surface area (Å²) in [7, 11) is 0. The lowest BCUT2D eigenvalue weighted by Crippen LogP contribution is -2.20. The van der Waals surface area contributed by atoms with Crippen molar-refractivity contribution in [3.05, 3.63) is 11.6 Å². The fourth-order valence-corrected chi connectivity index (χ4v) is 0.889. The van der Waals surface area contributed by atoms with E-state index in [0.29, 0.717) is 5.57 Å². The third-order valence-electron chi connectivity index (χ3n) is 2.24. The van der Waals surface area contributed by atoms with Gasteiger partial charge in [-0.1, -0.05) is 26.8 Å². The van der Waals surface area contributed by atoms with Crippen LogP contribution in [-0.2, 0) is 19.1 Å². The molecule has 0 fully saturated rings. The molecule has 0 aliphatic heterocycles. The largest absolute Gasteiger partial charge is 0.465 e. The second kappa shape index (κ2) is 7.87. The van der Waals surface area contributed by atoms with Gasteiger partial charge in [0.1, 0.15) is 0 Å². The van der Waals surface area contributed by atoms with Crippen molar-refractivity contribution in [2.45, 2.75) is 34.6 Å². The summed E-state index contributed by atoms with van der Waals surface area (Å²) in [6.07, 6.45) is 1.70. The minimum Gasteiger partial charge on any atom is -0.465 e. The van der Waals surface area contributed by atoms with E-state index in [1.807, 2.05) is 6.92 Å². The van der Waals surface area contributed by atoms with Gasteiger partial charge in [0.2, 0.25) is 0 Å².